The zero-order valence-corrected chi connectivity index (χ0v) is 12.8. The molecule has 5 nitrogen and oxygen atoms in total. The van der Waals surface area contributed by atoms with Gasteiger partial charge in [-0.25, -0.2) is 9.59 Å². The van der Waals surface area contributed by atoms with Crippen molar-refractivity contribution in [3.63, 3.8) is 0 Å². The summed E-state index contributed by atoms with van der Waals surface area (Å²) in [7, 11) is 0. The van der Waals surface area contributed by atoms with Crippen molar-refractivity contribution in [3.8, 4) is 5.75 Å². The quantitative estimate of drug-likeness (QED) is 0.588. The molecular formula is C14H5F9O5. The number of halogens is 9. The Kier molecular flexibility index (Phi) is 4.81. The first kappa shape index (κ1) is 21.4. The first-order valence-corrected chi connectivity index (χ1v) is 6.71. The fourth-order valence-corrected chi connectivity index (χ4v) is 2.15. The van der Waals surface area contributed by atoms with Gasteiger partial charge in [-0.1, -0.05) is 0 Å². The Balaban J connectivity index is 2.71. The summed E-state index contributed by atoms with van der Waals surface area (Å²) in [6, 6.07) is 1.55. The molecule has 0 fully saturated rings. The minimum absolute atomic E-state index is 0.239. The van der Waals surface area contributed by atoms with Crippen molar-refractivity contribution in [2.45, 2.75) is 24.1 Å². The van der Waals surface area contributed by atoms with Crippen molar-refractivity contribution >= 4 is 16.9 Å². The van der Waals surface area contributed by atoms with Crippen LogP contribution in [0.4, 0.5) is 39.5 Å². The molecule has 2 aromatic rings. The van der Waals surface area contributed by atoms with Gasteiger partial charge in [-0.15, -0.1) is 0 Å². The molecule has 1 N–H and O–H groups in total. The highest BCUT2D eigenvalue weighted by atomic mass is 19.4. The van der Waals surface area contributed by atoms with Crippen molar-refractivity contribution in [3.05, 3.63) is 40.2 Å². The molecule has 0 saturated carbocycles. The van der Waals surface area contributed by atoms with Gasteiger partial charge in [0.1, 0.15) is 16.9 Å². The Hall–Kier alpha value is -2.93. The molecule has 0 amide bonds. The van der Waals surface area contributed by atoms with Crippen molar-refractivity contribution < 1.29 is 58.6 Å². The number of aromatic carboxylic acids is 1. The van der Waals surface area contributed by atoms with Crippen LogP contribution in [0.15, 0.2) is 33.5 Å². The Bertz CT molecular complexity index is 932. The maximum absolute atomic E-state index is 12.9. The van der Waals surface area contributed by atoms with E-state index in [-0.39, 0.29) is 12.1 Å². The molecule has 28 heavy (non-hydrogen) atoms. The van der Waals surface area contributed by atoms with Gasteiger partial charge in [0, 0.05) is 5.39 Å². The summed E-state index contributed by atoms with van der Waals surface area (Å²) in [5, 5.41) is 8.18. The van der Waals surface area contributed by atoms with Gasteiger partial charge in [-0.05, 0) is 24.3 Å². The van der Waals surface area contributed by atoms with Crippen LogP contribution in [0.25, 0.3) is 11.0 Å². The zero-order chi connectivity index (χ0) is 21.7. The van der Waals surface area contributed by atoms with E-state index in [1.165, 1.54) is 0 Å². The summed E-state index contributed by atoms with van der Waals surface area (Å²) >= 11 is 0. The lowest BCUT2D eigenvalue weighted by Crippen LogP contribution is -2.69. The highest BCUT2D eigenvalue weighted by Gasteiger charge is 2.87. The number of benzene rings is 1. The Morgan fingerprint density at radius 2 is 1.39 bits per heavy atom. The number of hydrogen-bond donors (Lipinski definition) is 1. The topological polar surface area (TPSA) is 76.7 Å². The van der Waals surface area contributed by atoms with Gasteiger partial charge >= 0.3 is 35.7 Å². The van der Waals surface area contributed by atoms with Crippen LogP contribution in [0.3, 0.4) is 0 Å². The van der Waals surface area contributed by atoms with Gasteiger partial charge in [0.15, 0.2) is 0 Å². The van der Waals surface area contributed by atoms with Crippen molar-refractivity contribution in [2.24, 2.45) is 0 Å². The van der Waals surface area contributed by atoms with Crippen molar-refractivity contribution in [1.82, 2.24) is 0 Å². The minimum atomic E-state index is -6.95. The summed E-state index contributed by atoms with van der Waals surface area (Å²) in [4.78, 5) is 22.2. The van der Waals surface area contributed by atoms with Crippen LogP contribution in [-0.2, 0) is 0 Å². The van der Waals surface area contributed by atoms with Gasteiger partial charge in [0.05, 0.1) is 0 Å². The first-order chi connectivity index (χ1) is 12.5. The highest BCUT2D eigenvalue weighted by molar-refractivity contribution is 5.91. The number of carbonyl (C=O) groups is 1. The summed E-state index contributed by atoms with van der Waals surface area (Å²) in [5.74, 6) is -3.40. The van der Waals surface area contributed by atoms with E-state index in [0.29, 0.717) is 12.1 Å². The van der Waals surface area contributed by atoms with E-state index in [1.54, 1.807) is 0 Å². The van der Waals surface area contributed by atoms with Crippen LogP contribution in [0.5, 0.6) is 5.75 Å². The van der Waals surface area contributed by atoms with Crippen molar-refractivity contribution in [1.29, 1.82) is 0 Å². The van der Waals surface area contributed by atoms with E-state index in [4.69, 9.17) is 5.11 Å². The van der Waals surface area contributed by atoms with E-state index < -0.39 is 58.0 Å². The fraction of sp³-hybridized carbons (Fsp3) is 0.286. The fourth-order valence-electron chi connectivity index (χ4n) is 2.15. The van der Waals surface area contributed by atoms with Crippen LogP contribution in [0.1, 0.15) is 10.4 Å². The Labute approximate surface area is 146 Å². The third-order valence-corrected chi connectivity index (χ3v) is 3.40. The zero-order valence-electron chi connectivity index (χ0n) is 12.8. The maximum Gasteiger partial charge on any atom is 0.447 e. The number of ether oxygens (including phenoxy) is 1. The Morgan fingerprint density at radius 1 is 0.893 bits per heavy atom. The summed E-state index contributed by atoms with van der Waals surface area (Å²) < 4.78 is 124. The number of rotatable bonds is 3. The van der Waals surface area contributed by atoms with Gasteiger partial charge in [0.25, 0.3) is 0 Å². The predicted molar refractivity (Wildman–Crippen MR) is 71.0 cm³/mol. The predicted octanol–water partition coefficient (Wildman–Crippen LogP) is 4.30. The molecular weight excluding hydrogens is 419 g/mol. The average Bonchev–Trinajstić information content (AvgIpc) is 2.48. The molecule has 14 heteroatoms. The highest BCUT2D eigenvalue weighted by Crippen LogP contribution is 2.54. The van der Waals surface area contributed by atoms with Crippen LogP contribution < -0.4 is 10.4 Å². The monoisotopic (exact) mass is 424 g/mol. The molecule has 1 heterocycles. The number of fused-ring (bicyclic) bond motifs is 1. The molecule has 0 aliphatic heterocycles. The first-order valence-electron chi connectivity index (χ1n) is 6.71. The molecule has 0 saturated heterocycles. The molecule has 0 bridgehead atoms. The molecule has 0 aliphatic carbocycles. The molecule has 1 aromatic carbocycles. The second kappa shape index (κ2) is 6.31. The molecule has 154 valence electrons. The molecule has 0 aliphatic rings. The molecule has 0 radical (unpaired) electrons. The smallest absolute Gasteiger partial charge is 0.447 e. The van der Waals surface area contributed by atoms with Crippen LogP contribution >= 0.6 is 0 Å². The number of carboxylic acid groups (broad SMARTS) is 1. The lowest BCUT2D eigenvalue weighted by Gasteiger charge is -2.38. The third kappa shape index (κ3) is 3.33. The van der Waals surface area contributed by atoms with E-state index >= 15 is 0 Å². The molecule has 0 unspecified atom stereocenters. The van der Waals surface area contributed by atoms with Crippen molar-refractivity contribution in [2.75, 3.05) is 0 Å². The van der Waals surface area contributed by atoms with E-state index in [0.717, 1.165) is 0 Å². The standard InChI is InChI=1S/C14H5F9O5/c15-12(16,17)11(13(18,19)20,14(21,22)23)28-6-1-2-8-5(3-6)4-7(9(24)25)10(26)27-8/h1-4H,(H,24,25). The molecule has 0 atom stereocenters. The largest absolute Gasteiger partial charge is 0.477 e. The lowest BCUT2D eigenvalue weighted by molar-refractivity contribution is -0.436. The Morgan fingerprint density at radius 3 is 1.82 bits per heavy atom. The van der Waals surface area contributed by atoms with Crippen LogP contribution in [-0.4, -0.2) is 35.2 Å². The number of hydrogen-bond acceptors (Lipinski definition) is 4. The van der Waals surface area contributed by atoms with Gasteiger partial charge in [-0.3, -0.25) is 0 Å². The number of alkyl halides is 9. The van der Waals surface area contributed by atoms with Gasteiger partial charge in [-0.2, -0.15) is 39.5 Å². The summed E-state index contributed by atoms with van der Waals surface area (Å²) in [6.07, 6.45) is -20.9. The van der Waals surface area contributed by atoms with Crippen LogP contribution in [0, 0.1) is 0 Å². The molecule has 2 rings (SSSR count). The summed E-state index contributed by atoms with van der Waals surface area (Å²) in [6.45, 7) is 0. The second-order valence-electron chi connectivity index (χ2n) is 5.23. The third-order valence-electron chi connectivity index (χ3n) is 3.40. The normalized spacial score (nSPS) is 13.6. The second-order valence-corrected chi connectivity index (χ2v) is 5.23. The average molecular weight is 424 g/mol. The molecule has 0 spiro atoms. The van der Waals surface area contributed by atoms with Gasteiger partial charge in [0.2, 0.25) is 0 Å². The van der Waals surface area contributed by atoms with Crippen LogP contribution in [0.2, 0.25) is 0 Å². The minimum Gasteiger partial charge on any atom is -0.477 e. The molecule has 1 aromatic heterocycles. The van der Waals surface area contributed by atoms with E-state index in [9.17, 15) is 49.1 Å². The maximum atomic E-state index is 12.9. The lowest BCUT2D eigenvalue weighted by atomic mass is 10.0. The van der Waals surface area contributed by atoms with Gasteiger partial charge < -0.3 is 14.3 Å². The van der Waals surface area contributed by atoms with E-state index in [2.05, 4.69) is 9.15 Å². The summed E-state index contributed by atoms with van der Waals surface area (Å²) in [5.41, 5.74) is -9.52. The van der Waals surface area contributed by atoms with E-state index in [1.807, 2.05) is 0 Å². The SMILES string of the molecule is O=C(O)c1cc2cc(OC(C(F)(F)F)(C(F)(F)F)C(F)(F)F)ccc2oc1=O. The number of carboxylic acids is 1.